The molecule has 2 aromatic rings. The van der Waals surface area contributed by atoms with Crippen molar-refractivity contribution in [3.05, 3.63) is 53.3 Å². The minimum absolute atomic E-state index is 0.135. The van der Waals surface area contributed by atoms with Gasteiger partial charge in [-0.2, -0.15) is 18.3 Å². The quantitative estimate of drug-likeness (QED) is 0.606. The first kappa shape index (κ1) is 22.8. The molecule has 0 spiro atoms. The molecule has 31 heavy (non-hydrogen) atoms. The van der Waals surface area contributed by atoms with E-state index in [1.807, 2.05) is 6.92 Å². The summed E-state index contributed by atoms with van der Waals surface area (Å²) in [7, 11) is 0. The van der Waals surface area contributed by atoms with E-state index in [4.69, 9.17) is 9.47 Å². The maximum Gasteiger partial charge on any atom is 0.433 e. The number of benzene rings is 1. The maximum atomic E-state index is 13.9. The molecule has 9 heteroatoms. The van der Waals surface area contributed by atoms with Gasteiger partial charge in [0.2, 0.25) is 0 Å². The van der Waals surface area contributed by atoms with Gasteiger partial charge in [-0.15, -0.1) is 0 Å². The maximum absolute atomic E-state index is 13.9. The van der Waals surface area contributed by atoms with E-state index < -0.39 is 29.4 Å². The van der Waals surface area contributed by atoms with Crippen molar-refractivity contribution in [2.24, 2.45) is 11.8 Å². The highest BCUT2D eigenvalue weighted by Gasteiger charge is 2.44. The summed E-state index contributed by atoms with van der Waals surface area (Å²) in [5, 5.41) is 3.90. The molecule has 3 atom stereocenters. The average Bonchev–Trinajstić information content (AvgIpc) is 3.19. The van der Waals surface area contributed by atoms with E-state index in [0.29, 0.717) is 24.8 Å². The number of carbonyl (C=O) groups is 2. The zero-order valence-electron chi connectivity index (χ0n) is 17.4. The highest BCUT2D eigenvalue weighted by Crippen LogP contribution is 2.41. The number of halogens is 3. The second-order valence-corrected chi connectivity index (χ2v) is 7.71. The molecule has 0 N–H and O–H groups in total. The Labute approximate surface area is 178 Å². The summed E-state index contributed by atoms with van der Waals surface area (Å²) >= 11 is 0. The number of hydrogen-bond acceptors (Lipinski definition) is 5. The fraction of sp³-hybridized carbons (Fsp3) is 0.500. The molecule has 1 aliphatic carbocycles. The second kappa shape index (κ2) is 9.53. The third-order valence-electron chi connectivity index (χ3n) is 5.57. The van der Waals surface area contributed by atoms with Crippen LogP contribution in [-0.2, 0) is 27.1 Å². The fourth-order valence-corrected chi connectivity index (χ4v) is 4.06. The van der Waals surface area contributed by atoms with E-state index in [-0.39, 0.29) is 31.0 Å². The van der Waals surface area contributed by atoms with Crippen molar-refractivity contribution >= 4 is 11.9 Å². The number of rotatable bonds is 6. The summed E-state index contributed by atoms with van der Waals surface area (Å²) in [4.78, 5) is 24.5. The lowest BCUT2D eigenvalue weighted by molar-refractivity contribution is -0.153. The molecular weight excluding hydrogens is 413 g/mol. The van der Waals surface area contributed by atoms with E-state index in [1.54, 1.807) is 37.3 Å². The molecule has 1 aliphatic rings. The van der Waals surface area contributed by atoms with Crippen LogP contribution in [-0.4, -0.2) is 28.3 Å². The van der Waals surface area contributed by atoms with Crippen LogP contribution in [0.25, 0.3) is 0 Å². The molecule has 1 fully saturated rings. The summed E-state index contributed by atoms with van der Waals surface area (Å²) in [6, 6.07) is 8.13. The van der Waals surface area contributed by atoms with E-state index in [1.165, 1.54) is 0 Å². The highest BCUT2D eigenvalue weighted by atomic mass is 19.4. The SMILES string of the molecule is CCOC(=O)C1CC[C@H](n2ncc(C(=O)OCc3ccccc3)c2C(F)(F)F)C[C@H]1C. The molecule has 0 bridgehead atoms. The van der Waals surface area contributed by atoms with Crippen LogP contribution in [0.4, 0.5) is 13.2 Å². The fourth-order valence-electron chi connectivity index (χ4n) is 4.06. The Morgan fingerprint density at radius 2 is 1.87 bits per heavy atom. The first-order valence-electron chi connectivity index (χ1n) is 10.2. The van der Waals surface area contributed by atoms with Gasteiger partial charge >= 0.3 is 18.1 Å². The molecule has 0 saturated heterocycles. The molecule has 1 unspecified atom stereocenters. The summed E-state index contributed by atoms with van der Waals surface area (Å²) in [5.41, 5.74) is -1.05. The lowest BCUT2D eigenvalue weighted by Gasteiger charge is -2.33. The number of alkyl halides is 3. The van der Waals surface area contributed by atoms with Crippen molar-refractivity contribution in [1.29, 1.82) is 0 Å². The monoisotopic (exact) mass is 438 g/mol. The van der Waals surface area contributed by atoms with Gasteiger partial charge in [0.05, 0.1) is 24.8 Å². The predicted molar refractivity (Wildman–Crippen MR) is 105 cm³/mol. The predicted octanol–water partition coefficient (Wildman–Crippen LogP) is 4.80. The standard InChI is InChI=1S/C22H25F3N2O4/c1-3-30-20(28)17-10-9-16(11-14(17)2)27-19(22(23,24)25)18(12-26-27)21(29)31-13-15-7-5-4-6-8-15/h4-8,12,14,16-17H,3,9-11,13H2,1-2H3/t14-,16+,17?/m1/s1. The van der Waals surface area contributed by atoms with Gasteiger partial charge in [-0.1, -0.05) is 37.3 Å². The van der Waals surface area contributed by atoms with Crippen LogP contribution in [0.15, 0.2) is 36.5 Å². The lowest BCUT2D eigenvalue weighted by Crippen LogP contribution is -2.33. The zero-order chi connectivity index (χ0) is 22.6. The Bertz CT molecular complexity index is 911. The van der Waals surface area contributed by atoms with Crippen molar-refractivity contribution in [2.75, 3.05) is 6.61 Å². The molecule has 1 heterocycles. The second-order valence-electron chi connectivity index (χ2n) is 7.71. The van der Waals surface area contributed by atoms with Crippen molar-refractivity contribution in [1.82, 2.24) is 9.78 Å². The summed E-state index contributed by atoms with van der Waals surface area (Å²) < 4.78 is 52.7. The molecule has 0 amide bonds. The van der Waals surface area contributed by atoms with Crippen LogP contribution in [0.2, 0.25) is 0 Å². The first-order valence-corrected chi connectivity index (χ1v) is 10.2. The molecule has 1 aromatic carbocycles. The van der Waals surface area contributed by atoms with Gasteiger partial charge in [0.1, 0.15) is 12.2 Å². The highest BCUT2D eigenvalue weighted by molar-refractivity contribution is 5.90. The molecule has 1 saturated carbocycles. The van der Waals surface area contributed by atoms with Crippen LogP contribution in [0.1, 0.15) is 60.8 Å². The minimum atomic E-state index is -4.78. The smallest absolute Gasteiger partial charge is 0.433 e. The molecule has 0 aliphatic heterocycles. The number of ether oxygens (including phenoxy) is 2. The Morgan fingerprint density at radius 1 is 1.16 bits per heavy atom. The third-order valence-corrected chi connectivity index (χ3v) is 5.57. The van der Waals surface area contributed by atoms with E-state index in [0.717, 1.165) is 10.9 Å². The van der Waals surface area contributed by atoms with E-state index in [9.17, 15) is 22.8 Å². The number of hydrogen-bond donors (Lipinski definition) is 0. The van der Waals surface area contributed by atoms with Crippen molar-refractivity contribution in [2.45, 2.75) is 51.9 Å². The summed E-state index contributed by atoms with van der Waals surface area (Å²) in [5.74, 6) is -1.92. The van der Waals surface area contributed by atoms with E-state index >= 15 is 0 Å². The van der Waals surface area contributed by atoms with Crippen molar-refractivity contribution in [3.8, 4) is 0 Å². The van der Waals surface area contributed by atoms with Crippen LogP contribution >= 0.6 is 0 Å². The Kier molecular flexibility index (Phi) is 7.02. The van der Waals surface area contributed by atoms with Crippen molar-refractivity contribution < 1.29 is 32.2 Å². The van der Waals surface area contributed by atoms with Gasteiger partial charge in [0.25, 0.3) is 0 Å². The molecular formula is C22H25F3N2O4. The zero-order valence-corrected chi connectivity index (χ0v) is 17.4. The largest absolute Gasteiger partial charge is 0.466 e. The molecule has 1 aromatic heterocycles. The van der Waals surface area contributed by atoms with Crippen LogP contribution < -0.4 is 0 Å². The van der Waals surface area contributed by atoms with Gasteiger partial charge in [-0.25, -0.2) is 4.79 Å². The lowest BCUT2D eigenvalue weighted by atomic mass is 9.78. The van der Waals surface area contributed by atoms with Crippen molar-refractivity contribution in [3.63, 3.8) is 0 Å². The van der Waals surface area contributed by atoms with Gasteiger partial charge in [0, 0.05) is 0 Å². The van der Waals surface area contributed by atoms with Crippen LogP contribution in [0, 0.1) is 11.8 Å². The molecule has 6 nitrogen and oxygen atoms in total. The minimum Gasteiger partial charge on any atom is -0.466 e. The molecule has 3 rings (SSSR count). The van der Waals surface area contributed by atoms with Gasteiger partial charge < -0.3 is 9.47 Å². The van der Waals surface area contributed by atoms with Crippen LogP contribution in [0.5, 0.6) is 0 Å². The Balaban J connectivity index is 1.78. The molecule has 0 radical (unpaired) electrons. The topological polar surface area (TPSA) is 70.4 Å². The first-order chi connectivity index (χ1) is 14.7. The van der Waals surface area contributed by atoms with Gasteiger partial charge in [-0.3, -0.25) is 9.48 Å². The Morgan fingerprint density at radius 3 is 2.48 bits per heavy atom. The van der Waals surface area contributed by atoms with E-state index in [2.05, 4.69) is 5.10 Å². The summed E-state index contributed by atoms with van der Waals surface area (Å²) in [6.07, 6.45) is -2.81. The third kappa shape index (κ3) is 5.26. The number of nitrogens with zero attached hydrogens (tertiary/aromatic N) is 2. The van der Waals surface area contributed by atoms with Gasteiger partial charge in [0.15, 0.2) is 5.69 Å². The molecule has 168 valence electrons. The number of aromatic nitrogens is 2. The van der Waals surface area contributed by atoms with Gasteiger partial charge in [-0.05, 0) is 37.7 Å². The number of esters is 2. The van der Waals surface area contributed by atoms with Crippen LogP contribution in [0.3, 0.4) is 0 Å². The average molecular weight is 438 g/mol. The number of carbonyl (C=O) groups excluding carboxylic acids is 2. The normalized spacial score (nSPS) is 21.5. The summed E-state index contributed by atoms with van der Waals surface area (Å²) in [6.45, 7) is 3.66. The Hall–Kier alpha value is -2.84.